The van der Waals surface area contributed by atoms with Gasteiger partial charge in [0.15, 0.2) is 0 Å². The van der Waals surface area contributed by atoms with Crippen LogP contribution in [0.4, 0.5) is 0 Å². The molecule has 0 aliphatic carbocycles. The van der Waals surface area contributed by atoms with Gasteiger partial charge in [-0.25, -0.2) is 0 Å². The van der Waals surface area contributed by atoms with Crippen LogP contribution in [0, 0.1) is 0 Å². The fraction of sp³-hybridized carbons (Fsp3) is 0.385. The number of amides is 2. The zero-order chi connectivity index (χ0) is 12.8. The predicted octanol–water partition coefficient (Wildman–Crippen LogP) is 1.57. The lowest BCUT2D eigenvalue weighted by Gasteiger charge is -2.09. The molecule has 0 aliphatic rings. The van der Waals surface area contributed by atoms with Gasteiger partial charge in [-0.05, 0) is 39.0 Å². The molecule has 2 amide bonds. The lowest BCUT2D eigenvalue weighted by atomic mass is 10.1. The highest BCUT2D eigenvalue weighted by Crippen LogP contribution is 2.05. The van der Waals surface area contributed by atoms with E-state index in [2.05, 4.69) is 10.6 Å². The molecule has 0 spiro atoms. The second kappa shape index (κ2) is 6.03. The quantitative estimate of drug-likeness (QED) is 0.831. The number of benzene rings is 1. The van der Waals surface area contributed by atoms with Crippen LogP contribution in [0.1, 0.15) is 41.5 Å². The smallest absolute Gasteiger partial charge is 0.251 e. The summed E-state index contributed by atoms with van der Waals surface area (Å²) >= 11 is 0. The molecule has 0 aliphatic heterocycles. The van der Waals surface area contributed by atoms with Crippen LogP contribution in [0.25, 0.3) is 0 Å². The van der Waals surface area contributed by atoms with E-state index in [0.717, 1.165) is 0 Å². The van der Waals surface area contributed by atoms with Crippen molar-refractivity contribution in [3.8, 4) is 0 Å². The third-order valence-electron chi connectivity index (χ3n) is 2.14. The first kappa shape index (κ1) is 13.2. The highest BCUT2D eigenvalue weighted by molar-refractivity contribution is 5.99. The molecular formula is C13H18N2O2. The van der Waals surface area contributed by atoms with Crippen LogP contribution in [0.15, 0.2) is 24.3 Å². The van der Waals surface area contributed by atoms with Crippen molar-refractivity contribution in [1.29, 1.82) is 0 Å². The molecule has 0 saturated carbocycles. The highest BCUT2D eigenvalue weighted by atomic mass is 16.2. The number of nitrogens with one attached hydrogen (secondary N) is 2. The lowest BCUT2D eigenvalue weighted by Crippen LogP contribution is -2.30. The molecule has 2 N–H and O–H groups in total. The van der Waals surface area contributed by atoms with E-state index >= 15 is 0 Å². The summed E-state index contributed by atoms with van der Waals surface area (Å²) in [7, 11) is 0. The molecule has 0 unspecified atom stereocenters. The molecule has 92 valence electrons. The molecule has 0 heterocycles. The Morgan fingerprint density at radius 1 is 1.18 bits per heavy atom. The van der Waals surface area contributed by atoms with Gasteiger partial charge in [-0.1, -0.05) is 6.07 Å². The molecule has 17 heavy (non-hydrogen) atoms. The van der Waals surface area contributed by atoms with Gasteiger partial charge in [0.2, 0.25) is 0 Å². The number of carbonyl (C=O) groups excluding carboxylic acids is 2. The Kier molecular flexibility index (Phi) is 4.69. The summed E-state index contributed by atoms with van der Waals surface area (Å²) in [4.78, 5) is 23.3. The summed E-state index contributed by atoms with van der Waals surface area (Å²) in [6, 6.07) is 6.77. The zero-order valence-electron chi connectivity index (χ0n) is 10.4. The fourth-order valence-electron chi connectivity index (χ4n) is 1.41. The average Bonchev–Trinajstić information content (AvgIpc) is 2.28. The van der Waals surface area contributed by atoms with Crippen molar-refractivity contribution in [2.75, 3.05) is 6.54 Å². The monoisotopic (exact) mass is 234 g/mol. The Balaban J connectivity index is 2.85. The fourth-order valence-corrected chi connectivity index (χ4v) is 1.41. The molecule has 1 rings (SSSR count). The van der Waals surface area contributed by atoms with Crippen LogP contribution >= 0.6 is 0 Å². The van der Waals surface area contributed by atoms with Gasteiger partial charge >= 0.3 is 0 Å². The molecule has 0 fully saturated rings. The molecule has 1 aromatic rings. The molecule has 0 aromatic heterocycles. The van der Waals surface area contributed by atoms with E-state index in [4.69, 9.17) is 0 Å². The number of carbonyl (C=O) groups is 2. The van der Waals surface area contributed by atoms with E-state index in [1.807, 2.05) is 20.8 Å². The van der Waals surface area contributed by atoms with Crippen LogP contribution in [-0.2, 0) is 0 Å². The van der Waals surface area contributed by atoms with Crippen LogP contribution in [0.2, 0.25) is 0 Å². The summed E-state index contributed by atoms with van der Waals surface area (Å²) < 4.78 is 0. The predicted molar refractivity (Wildman–Crippen MR) is 67.1 cm³/mol. The van der Waals surface area contributed by atoms with Gasteiger partial charge in [0.05, 0.1) is 0 Å². The maximum Gasteiger partial charge on any atom is 0.251 e. The Bertz CT molecular complexity index is 414. The van der Waals surface area contributed by atoms with Crippen molar-refractivity contribution in [3.63, 3.8) is 0 Å². The van der Waals surface area contributed by atoms with E-state index in [0.29, 0.717) is 17.7 Å². The van der Waals surface area contributed by atoms with Crippen molar-refractivity contribution in [3.05, 3.63) is 35.4 Å². The highest BCUT2D eigenvalue weighted by Gasteiger charge is 2.10. The number of hydrogen-bond donors (Lipinski definition) is 2. The lowest BCUT2D eigenvalue weighted by molar-refractivity contribution is 0.0943. The van der Waals surface area contributed by atoms with Gasteiger partial charge in [0.25, 0.3) is 11.8 Å². The van der Waals surface area contributed by atoms with Crippen molar-refractivity contribution in [1.82, 2.24) is 10.6 Å². The summed E-state index contributed by atoms with van der Waals surface area (Å²) in [5, 5.41) is 5.48. The third-order valence-corrected chi connectivity index (χ3v) is 2.14. The van der Waals surface area contributed by atoms with Gasteiger partial charge in [0, 0.05) is 23.7 Å². The average molecular weight is 234 g/mol. The molecule has 0 radical (unpaired) electrons. The van der Waals surface area contributed by atoms with Crippen molar-refractivity contribution < 1.29 is 9.59 Å². The minimum Gasteiger partial charge on any atom is -0.352 e. The topological polar surface area (TPSA) is 58.2 Å². The van der Waals surface area contributed by atoms with E-state index in [1.54, 1.807) is 24.3 Å². The Labute approximate surface area is 101 Å². The van der Waals surface area contributed by atoms with Gasteiger partial charge < -0.3 is 10.6 Å². The van der Waals surface area contributed by atoms with E-state index in [9.17, 15) is 9.59 Å². The minimum absolute atomic E-state index is 0.0793. The second-order valence-electron chi connectivity index (χ2n) is 4.07. The maximum atomic E-state index is 11.7. The molecule has 0 saturated heterocycles. The summed E-state index contributed by atoms with van der Waals surface area (Å²) in [5.74, 6) is -0.321. The Morgan fingerprint density at radius 2 is 1.76 bits per heavy atom. The van der Waals surface area contributed by atoms with Crippen molar-refractivity contribution in [2.24, 2.45) is 0 Å². The van der Waals surface area contributed by atoms with Gasteiger partial charge in [0.1, 0.15) is 0 Å². The number of rotatable bonds is 4. The Hall–Kier alpha value is -1.84. The van der Waals surface area contributed by atoms with E-state index in [-0.39, 0.29) is 17.9 Å². The largest absolute Gasteiger partial charge is 0.352 e. The summed E-state index contributed by atoms with van der Waals surface area (Å²) in [6.07, 6.45) is 0. The summed E-state index contributed by atoms with van der Waals surface area (Å²) in [5.41, 5.74) is 1.01. The van der Waals surface area contributed by atoms with Crippen LogP contribution < -0.4 is 10.6 Å². The van der Waals surface area contributed by atoms with Gasteiger partial charge in [-0.15, -0.1) is 0 Å². The molecule has 4 nitrogen and oxygen atoms in total. The molecule has 0 bridgehead atoms. The third kappa shape index (κ3) is 3.90. The van der Waals surface area contributed by atoms with Gasteiger partial charge in [-0.3, -0.25) is 9.59 Å². The minimum atomic E-state index is -0.161. The molecule has 4 heteroatoms. The van der Waals surface area contributed by atoms with Crippen molar-refractivity contribution in [2.45, 2.75) is 26.8 Å². The molecular weight excluding hydrogens is 216 g/mol. The second-order valence-corrected chi connectivity index (χ2v) is 4.07. The molecule has 0 atom stereocenters. The van der Waals surface area contributed by atoms with Crippen LogP contribution in [-0.4, -0.2) is 24.4 Å². The van der Waals surface area contributed by atoms with E-state index < -0.39 is 0 Å². The maximum absolute atomic E-state index is 11.7. The number of hydrogen-bond acceptors (Lipinski definition) is 2. The summed E-state index contributed by atoms with van der Waals surface area (Å²) in [6.45, 7) is 6.21. The SMILES string of the molecule is CCNC(=O)c1cccc(C(=O)NC(C)C)c1. The van der Waals surface area contributed by atoms with Crippen LogP contribution in [0.5, 0.6) is 0 Å². The first-order valence-electron chi connectivity index (χ1n) is 5.73. The first-order valence-corrected chi connectivity index (χ1v) is 5.73. The van der Waals surface area contributed by atoms with Crippen molar-refractivity contribution >= 4 is 11.8 Å². The van der Waals surface area contributed by atoms with Gasteiger partial charge in [-0.2, -0.15) is 0 Å². The normalized spacial score (nSPS) is 10.1. The first-order chi connectivity index (χ1) is 8.04. The zero-order valence-corrected chi connectivity index (χ0v) is 10.4. The van der Waals surface area contributed by atoms with Crippen LogP contribution in [0.3, 0.4) is 0 Å². The standard InChI is InChI=1S/C13H18N2O2/c1-4-14-12(16)10-6-5-7-11(8-10)13(17)15-9(2)3/h5-9H,4H2,1-3H3,(H,14,16)(H,15,17). The Morgan fingerprint density at radius 3 is 2.29 bits per heavy atom. The van der Waals surface area contributed by atoms with E-state index in [1.165, 1.54) is 0 Å². The molecule has 1 aromatic carbocycles.